The Morgan fingerprint density at radius 1 is 1.16 bits per heavy atom. The molecule has 1 aliphatic carbocycles. The highest BCUT2D eigenvalue weighted by Crippen LogP contribution is 2.39. The minimum Gasteiger partial charge on any atom is -0.497 e. The molecule has 2 aliphatic heterocycles. The fourth-order valence-electron chi connectivity index (χ4n) is 5.98. The Morgan fingerprint density at radius 3 is 2.47 bits per heavy atom. The van der Waals surface area contributed by atoms with Crippen LogP contribution in [0.25, 0.3) is 5.57 Å². The second-order valence-corrected chi connectivity index (χ2v) is 11.2. The first kappa shape index (κ1) is 23.0. The van der Waals surface area contributed by atoms with Crippen LogP contribution in [0.5, 0.6) is 5.75 Å². The molecule has 0 spiro atoms. The highest BCUT2D eigenvalue weighted by atomic mass is 16.5. The molecule has 0 unspecified atom stereocenters. The van der Waals surface area contributed by atoms with E-state index in [-0.39, 0.29) is 11.3 Å². The van der Waals surface area contributed by atoms with Crippen molar-refractivity contribution in [3.8, 4) is 5.75 Å². The standard InChI is InChI=1S/C27H38N2O3/c1-17-10-19-6-9-23(32-5)13-24(19)25(17)26(31)28-15-18-11-20-7-8-21(12-18)29(20)16-22(30)14-27(2,3)4/h6,9,13,18,20-21H,7-8,10-12,14-16H2,1-5H3,(H,28,31)/t18-,20-,21+. The van der Waals surface area contributed by atoms with Gasteiger partial charge < -0.3 is 10.1 Å². The summed E-state index contributed by atoms with van der Waals surface area (Å²) in [6.45, 7) is 9.75. The number of ketones is 1. The molecule has 32 heavy (non-hydrogen) atoms. The fourth-order valence-corrected chi connectivity index (χ4v) is 5.98. The van der Waals surface area contributed by atoms with Crippen molar-refractivity contribution in [1.82, 2.24) is 10.2 Å². The number of nitrogens with one attached hydrogen (secondary N) is 1. The zero-order chi connectivity index (χ0) is 23.0. The van der Waals surface area contributed by atoms with Crippen LogP contribution in [0.4, 0.5) is 0 Å². The van der Waals surface area contributed by atoms with E-state index in [1.807, 2.05) is 12.1 Å². The number of nitrogens with zero attached hydrogens (tertiary/aromatic N) is 1. The summed E-state index contributed by atoms with van der Waals surface area (Å²) >= 11 is 0. The molecule has 0 radical (unpaired) electrons. The molecule has 1 aromatic rings. The quantitative estimate of drug-likeness (QED) is 0.686. The lowest BCUT2D eigenvalue weighted by atomic mass is 9.87. The molecule has 3 aliphatic rings. The van der Waals surface area contributed by atoms with Crippen molar-refractivity contribution >= 4 is 17.3 Å². The maximum absolute atomic E-state index is 13.1. The molecule has 4 rings (SSSR count). The molecule has 5 nitrogen and oxygen atoms in total. The van der Waals surface area contributed by atoms with Crippen LogP contribution in [0.1, 0.15) is 70.9 Å². The van der Waals surface area contributed by atoms with Gasteiger partial charge >= 0.3 is 0 Å². The first-order valence-corrected chi connectivity index (χ1v) is 12.1. The predicted molar refractivity (Wildman–Crippen MR) is 128 cm³/mol. The van der Waals surface area contributed by atoms with Gasteiger partial charge in [-0.3, -0.25) is 14.5 Å². The lowest BCUT2D eigenvalue weighted by Crippen LogP contribution is -2.47. The molecule has 2 heterocycles. The summed E-state index contributed by atoms with van der Waals surface area (Å²) in [6, 6.07) is 6.97. The van der Waals surface area contributed by atoms with Crippen LogP contribution in [-0.2, 0) is 16.0 Å². The van der Waals surface area contributed by atoms with Crippen molar-refractivity contribution in [2.45, 2.75) is 78.3 Å². The van der Waals surface area contributed by atoms with Gasteiger partial charge in [-0.1, -0.05) is 32.4 Å². The topological polar surface area (TPSA) is 58.6 Å². The first-order valence-electron chi connectivity index (χ1n) is 12.1. The zero-order valence-corrected chi connectivity index (χ0v) is 20.3. The molecule has 1 amide bonds. The van der Waals surface area contributed by atoms with Crippen LogP contribution >= 0.6 is 0 Å². The van der Waals surface area contributed by atoms with E-state index in [0.29, 0.717) is 43.3 Å². The molecule has 2 bridgehead atoms. The minimum atomic E-state index is 0.0321. The molecule has 2 saturated heterocycles. The number of rotatable bonds is 7. The molecule has 0 saturated carbocycles. The second-order valence-electron chi connectivity index (χ2n) is 11.2. The van der Waals surface area contributed by atoms with Crippen molar-refractivity contribution in [3.63, 3.8) is 0 Å². The van der Waals surface area contributed by atoms with E-state index in [0.717, 1.165) is 41.7 Å². The molecule has 3 atom stereocenters. The summed E-state index contributed by atoms with van der Waals surface area (Å²) in [5.41, 5.74) is 4.19. The van der Waals surface area contributed by atoms with Gasteiger partial charge in [0.25, 0.3) is 5.91 Å². The van der Waals surface area contributed by atoms with Gasteiger partial charge in [0.2, 0.25) is 0 Å². The van der Waals surface area contributed by atoms with Gasteiger partial charge in [-0.15, -0.1) is 0 Å². The van der Waals surface area contributed by atoms with E-state index in [4.69, 9.17) is 4.74 Å². The van der Waals surface area contributed by atoms with Gasteiger partial charge in [0.05, 0.1) is 13.7 Å². The number of carbonyl (C=O) groups excluding carboxylic acids is 2. The van der Waals surface area contributed by atoms with Crippen LogP contribution in [-0.4, -0.2) is 48.9 Å². The Bertz CT molecular complexity index is 913. The van der Waals surface area contributed by atoms with Gasteiger partial charge in [0.1, 0.15) is 11.5 Å². The highest BCUT2D eigenvalue weighted by molar-refractivity contribution is 6.22. The Labute approximate surface area is 192 Å². The number of Topliss-reactive ketones (excluding diaryl/α,β-unsaturated/α-hetero) is 1. The summed E-state index contributed by atoms with van der Waals surface area (Å²) in [6.07, 6.45) is 5.96. The van der Waals surface area contributed by atoms with Gasteiger partial charge in [-0.2, -0.15) is 0 Å². The summed E-state index contributed by atoms with van der Waals surface area (Å²) in [7, 11) is 1.66. The summed E-state index contributed by atoms with van der Waals surface area (Å²) < 4.78 is 5.37. The predicted octanol–water partition coefficient (Wildman–Crippen LogP) is 4.39. The lowest BCUT2D eigenvalue weighted by molar-refractivity contribution is -0.123. The number of ether oxygens (including phenoxy) is 1. The molecule has 2 fully saturated rings. The van der Waals surface area contributed by atoms with Crippen LogP contribution in [0.15, 0.2) is 23.8 Å². The third-order valence-electron chi connectivity index (χ3n) is 7.32. The van der Waals surface area contributed by atoms with E-state index in [1.54, 1.807) is 7.11 Å². The van der Waals surface area contributed by atoms with Gasteiger partial charge in [0, 0.05) is 30.6 Å². The Balaban J connectivity index is 1.33. The molecular weight excluding hydrogens is 400 g/mol. The van der Waals surface area contributed by atoms with Crippen molar-refractivity contribution in [3.05, 3.63) is 34.9 Å². The summed E-state index contributed by atoms with van der Waals surface area (Å²) in [5.74, 6) is 1.66. The van der Waals surface area contributed by atoms with E-state index in [9.17, 15) is 9.59 Å². The van der Waals surface area contributed by atoms with Crippen molar-refractivity contribution < 1.29 is 14.3 Å². The zero-order valence-electron chi connectivity index (χ0n) is 20.3. The van der Waals surface area contributed by atoms with Gasteiger partial charge in [-0.25, -0.2) is 0 Å². The molecule has 1 N–H and O–H groups in total. The van der Waals surface area contributed by atoms with Crippen LogP contribution in [0.3, 0.4) is 0 Å². The number of hydrogen-bond acceptors (Lipinski definition) is 4. The van der Waals surface area contributed by atoms with E-state index >= 15 is 0 Å². The van der Waals surface area contributed by atoms with Crippen molar-refractivity contribution in [1.29, 1.82) is 0 Å². The van der Waals surface area contributed by atoms with Gasteiger partial charge in [0.15, 0.2) is 0 Å². The number of piperidine rings is 1. The number of carbonyl (C=O) groups is 2. The molecule has 1 aromatic carbocycles. The van der Waals surface area contributed by atoms with Crippen LogP contribution in [0, 0.1) is 11.3 Å². The largest absolute Gasteiger partial charge is 0.497 e. The average molecular weight is 439 g/mol. The van der Waals surface area contributed by atoms with E-state index < -0.39 is 0 Å². The number of allylic oxidation sites excluding steroid dienone is 1. The first-order chi connectivity index (χ1) is 15.1. The molecule has 174 valence electrons. The smallest absolute Gasteiger partial charge is 0.251 e. The third kappa shape index (κ3) is 4.93. The summed E-state index contributed by atoms with van der Waals surface area (Å²) in [4.78, 5) is 28.1. The van der Waals surface area contributed by atoms with E-state index in [2.05, 4.69) is 44.0 Å². The van der Waals surface area contributed by atoms with E-state index in [1.165, 1.54) is 18.4 Å². The molecule has 0 aromatic heterocycles. The lowest BCUT2D eigenvalue weighted by Gasteiger charge is -2.39. The number of methoxy groups -OCH3 is 1. The number of fused-ring (bicyclic) bond motifs is 3. The molecule has 5 heteroatoms. The maximum atomic E-state index is 13.1. The van der Waals surface area contributed by atoms with Crippen molar-refractivity contribution in [2.24, 2.45) is 11.3 Å². The number of benzene rings is 1. The van der Waals surface area contributed by atoms with Gasteiger partial charge in [-0.05, 0) is 73.6 Å². The highest BCUT2D eigenvalue weighted by Gasteiger charge is 2.41. The number of hydrogen-bond donors (Lipinski definition) is 1. The average Bonchev–Trinajstić information content (AvgIpc) is 3.14. The number of amides is 1. The summed E-state index contributed by atoms with van der Waals surface area (Å²) in [5, 5.41) is 3.24. The monoisotopic (exact) mass is 438 g/mol. The Morgan fingerprint density at radius 2 is 1.84 bits per heavy atom. The Kier molecular flexibility index (Phi) is 6.49. The second kappa shape index (κ2) is 9.01. The minimum absolute atomic E-state index is 0.0321. The SMILES string of the molecule is COc1ccc2c(c1)C(C(=O)NC[C@@H]1C[C@H]3CC[C@@H](C1)N3CC(=O)CC(C)(C)C)=C(C)C2. The normalized spacial score (nSPS) is 25.1. The maximum Gasteiger partial charge on any atom is 0.251 e. The molecular formula is C27H38N2O3. The van der Waals surface area contributed by atoms with Crippen molar-refractivity contribution in [2.75, 3.05) is 20.2 Å². The Hall–Kier alpha value is -2.14. The van der Waals surface area contributed by atoms with Crippen LogP contribution < -0.4 is 10.1 Å². The fraction of sp³-hybridized carbons (Fsp3) is 0.630. The third-order valence-corrected chi connectivity index (χ3v) is 7.32. The van der Waals surface area contributed by atoms with Crippen LogP contribution in [0.2, 0.25) is 0 Å².